The van der Waals surface area contributed by atoms with Gasteiger partial charge in [0.05, 0.1) is 0 Å². The minimum Gasteiger partial charge on any atom is -0.317 e. The van der Waals surface area contributed by atoms with Gasteiger partial charge in [0.1, 0.15) is 0 Å². The van der Waals surface area contributed by atoms with Crippen molar-refractivity contribution in [3.8, 4) is 0 Å². The number of hydrogen-bond donors (Lipinski definition) is 2. The maximum absolute atomic E-state index is 3.80. The van der Waals surface area contributed by atoms with E-state index >= 15 is 0 Å². The smallest absolute Gasteiger partial charge is 0.00954 e. The molecule has 3 atom stereocenters. The molecular formula is C13H26N2. The fourth-order valence-electron chi connectivity index (χ4n) is 3.06. The highest BCUT2D eigenvalue weighted by molar-refractivity contribution is 4.85. The molecule has 0 bridgehead atoms. The van der Waals surface area contributed by atoms with Crippen LogP contribution in [-0.2, 0) is 0 Å². The number of hydrogen-bond acceptors (Lipinski definition) is 2. The zero-order chi connectivity index (χ0) is 10.7. The molecular weight excluding hydrogens is 184 g/mol. The summed E-state index contributed by atoms with van der Waals surface area (Å²) in [5.74, 6) is 2.73. The summed E-state index contributed by atoms with van der Waals surface area (Å²) in [6.45, 7) is 8.52. The average molecular weight is 210 g/mol. The van der Waals surface area contributed by atoms with Gasteiger partial charge in [-0.25, -0.2) is 0 Å². The normalized spacial score (nSPS) is 38.4. The summed E-state index contributed by atoms with van der Waals surface area (Å²) in [5, 5.41) is 7.23. The van der Waals surface area contributed by atoms with E-state index in [1.807, 2.05) is 0 Å². The van der Waals surface area contributed by atoms with Crippen molar-refractivity contribution in [2.24, 2.45) is 17.8 Å². The topological polar surface area (TPSA) is 24.1 Å². The van der Waals surface area contributed by atoms with Crippen molar-refractivity contribution < 1.29 is 0 Å². The van der Waals surface area contributed by atoms with Gasteiger partial charge < -0.3 is 10.6 Å². The first-order valence-electron chi connectivity index (χ1n) is 6.71. The van der Waals surface area contributed by atoms with E-state index in [1.54, 1.807) is 0 Å². The van der Waals surface area contributed by atoms with E-state index < -0.39 is 0 Å². The lowest BCUT2D eigenvalue weighted by Gasteiger charge is -2.26. The lowest BCUT2D eigenvalue weighted by atomic mass is 9.95. The largest absolute Gasteiger partial charge is 0.317 e. The van der Waals surface area contributed by atoms with Gasteiger partial charge in [0.25, 0.3) is 0 Å². The molecule has 0 radical (unpaired) electrons. The number of nitrogens with one attached hydrogen (secondary N) is 2. The highest BCUT2D eigenvalue weighted by atomic mass is 14.9. The predicted molar refractivity (Wildman–Crippen MR) is 64.9 cm³/mol. The Kier molecular flexibility index (Phi) is 4.04. The Morgan fingerprint density at radius 3 is 2.40 bits per heavy atom. The molecule has 2 aliphatic rings. The molecule has 1 saturated carbocycles. The lowest BCUT2D eigenvalue weighted by molar-refractivity contribution is 0.309. The van der Waals surface area contributed by atoms with E-state index in [1.165, 1.54) is 45.3 Å². The molecule has 1 heterocycles. The van der Waals surface area contributed by atoms with Crippen LogP contribution in [0.25, 0.3) is 0 Å². The molecule has 2 heteroatoms. The van der Waals surface area contributed by atoms with E-state index in [4.69, 9.17) is 0 Å². The standard InChI is InChI=1S/C13H26N2/c1-10-3-4-13(11(10)2)15-9-12-5-7-14-8-6-12/h10-15H,3-9H2,1-2H3. The first-order valence-corrected chi connectivity index (χ1v) is 6.71. The molecule has 15 heavy (non-hydrogen) atoms. The van der Waals surface area contributed by atoms with Gasteiger partial charge in [-0.3, -0.25) is 0 Å². The minimum absolute atomic E-state index is 0.801. The molecule has 1 saturated heterocycles. The quantitative estimate of drug-likeness (QED) is 0.744. The van der Waals surface area contributed by atoms with Crippen LogP contribution in [-0.4, -0.2) is 25.7 Å². The summed E-state index contributed by atoms with van der Waals surface area (Å²) >= 11 is 0. The van der Waals surface area contributed by atoms with Crippen LogP contribution in [0, 0.1) is 17.8 Å². The highest BCUT2D eigenvalue weighted by Crippen LogP contribution is 2.31. The van der Waals surface area contributed by atoms with Crippen LogP contribution in [0.2, 0.25) is 0 Å². The van der Waals surface area contributed by atoms with Crippen molar-refractivity contribution in [2.45, 2.75) is 45.6 Å². The van der Waals surface area contributed by atoms with Crippen molar-refractivity contribution in [1.29, 1.82) is 0 Å². The van der Waals surface area contributed by atoms with E-state index in [2.05, 4.69) is 24.5 Å². The van der Waals surface area contributed by atoms with Crippen molar-refractivity contribution >= 4 is 0 Å². The Hall–Kier alpha value is -0.0800. The van der Waals surface area contributed by atoms with E-state index in [-0.39, 0.29) is 0 Å². The Bertz CT molecular complexity index is 187. The highest BCUT2D eigenvalue weighted by Gasteiger charge is 2.29. The van der Waals surface area contributed by atoms with Crippen molar-refractivity contribution in [3.05, 3.63) is 0 Å². The van der Waals surface area contributed by atoms with Gasteiger partial charge in [-0.15, -0.1) is 0 Å². The fourth-order valence-corrected chi connectivity index (χ4v) is 3.06. The molecule has 88 valence electrons. The zero-order valence-corrected chi connectivity index (χ0v) is 10.3. The fraction of sp³-hybridized carbons (Fsp3) is 1.00. The Morgan fingerprint density at radius 2 is 1.80 bits per heavy atom. The summed E-state index contributed by atoms with van der Waals surface area (Å²) in [5.41, 5.74) is 0. The van der Waals surface area contributed by atoms with Gasteiger partial charge in [0, 0.05) is 6.04 Å². The third kappa shape index (κ3) is 2.94. The summed E-state index contributed by atoms with van der Waals surface area (Å²) in [6.07, 6.45) is 5.55. The van der Waals surface area contributed by atoms with E-state index in [0.29, 0.717) is 0 Å². The van der Waals surface area contributed by atoms with Gasteiger partial charge >= 0.3 is 0 Å². The molecule has 3 unspecified atom stereocenters. The van der Waals surface area contributed by atoms with Crippen molar-refractivity contribution in [1.82, 2.24) is 10.6 Å². The second-order valence-corrected chi connectivity index (χ2v) is 5.62. The lowest BCUT2D eigenvalue weighted by Crippen LogP contribution is -2.39. The Labute approximate surface area is 94.2 Å². The van der Waals surface area contributed by atoms with Crippen LogP contribution in [0.4, 0.5) is 0 Å². The SMILES string of the molecule is CC1CCC(NCC2CCNCC2)C1C. The maximum Gasteiger partial charge on any atom is 0.00954 e. The van der Waals surface area contributed by atoms with Gasteiger partial charge in [0.2, 0.25) is 0 Å². The molecule has 2 fully saturated rings. The summed E-state index contributed by atoms with van der Waals surface area (Å²) in [6, 6.07) is 0.801. The number of rotatable bonds is 3. The van der Waals surface area contributed by atoms with Crippen molar-refractivity contribution in [2.75, 3.05) is 19.6 Å². The molecule has 0 aromatic rings. The summed E-state index contributed by atoms with van der Waals surface area (Å²) in [4.78, 5) is 0. The van der Waals surface area contributed by atoms with Crippen LogP contribution < -0.4 is 10.6 Å². The second-order valence-electron chi connectivity index (χ2n) is 5.62. The van der Waals surface area contributed by atoms with Crippen LogP contribution in [0.3, 0.4) is 0 Å². The first-order chi connectivity index (χ1) is 7.27. The average Bonchev–Trinajstić information content (AvgIpc) is 2.59. The third-order valence-corrected chi connectivity index (χ3v) is 4.59. The van der Waals surface area contributed by atoms with Crippen LogP contribution >= 0.6 is 0 Å². The molecule has 2 nitrogen and oxygen atoms in total. The molecule has 0 spiro atoms. The Balaban J connectivity index is 1.68. The van der Waals surface area contributed by atoms with Crippen LogP contribution in [0.15, 0.2) is 0 Å². The molecule has 0 aromatic carbocycles. The Morgan fingerprint density at radius 1 is 1.07 bits per heavy atom. The van der Waals surface area contributed by atoms with Crippen LogP contribution in [0.5, 0.6) is 0 Å². The summed E-state index contributed by atoms with van der Waals surface area (Å²) < 4.78 is 0. The predicted octanol–water partition coefficient (Wildman–Crippen LogP) is 2.01. The van der Waals surface area contributed by atoms with Gasteiger partial charge in [-0.1, -0.05) is 13.8 Å². The van der Waals surface area contributed by atoms with Crippen molar-refractivity contribution in [3.63, 3.8) is 0 Å². The molecule has 2 rings (SSSR count). The monoisotopic (exact) mass is 210 g/mol. The maximum atomic E-state index is 3.80. The van der Waals surface area contributed by atoms with E-state index in [0.717, 1.165) is 23.8 Å². The van der Waals surface area contributed by atoms with Crippen LogP contribution in [0.1, 0.15) is 39.5 Å². The molecule has 1 aliphatic carbocycles. The summed E-state index contributed by atoms with van der Waals surface area (Å²) in [7, 11) is 0. The molecule has 2 N–H and O–H groups in total. The molecule has 0 amide bonds. The third-order valence-electron chi connectivity index (χ3n) is 4.59. The number of piperidine rings is 1. The molecule has 1 aliphatic heterocycles. The first kappa shape index (κ1) is 11.4. The second kappa shape index (κ2) is 5.31. The van der Waals surface area contributed by atoms with Gasteiger partial charge in [0.15, 0.2) is 0 Å². The van der Waals surface area contributed by atoms with E-state index in [9.17, 15) is 0 Å². The zero-order valence-electron chi connectivity index (χ0n) is 10.3. The minimum atomic E-state index is 0.801. The molecule has 0 aromatic heterocycles. The van der Waals surface area contributed by atoms with Gasteiger partial charge in [-0.05, 0) is 63.1 Å². The van der Waals surface area contributed by atoms with Gasteiger partial charge in [-0.2, -0.15) is 0 Å².